The van der Waals surface area contributed by atoms with Gasteiger partial charge in [-0.1, -0.05) is 13.0 Å². The lowest BCUT2D eigenvalue weighted by atomic mass is 10.0. The lowest BCUT2D eigenvalue weighted by molar-refractivity contribution is 0.00994. The second-order valence-electron chi connectivity index (χ2n) is 10.4. The van der Waals surface area contributed by atoms with E-state index in [1.807, 2.05) is 0 Å². The number of hydrogen-bond donors (Lipinski definition) is 1. The van der Waals surface area contributed by atoms with Gasteiger partial charge in [0.25, 0.3) is 11.8 Å². The zero-order chi connectivity index (χ0) is 26.5. The number of anilines is 1. The number of nitrogens with one attached hydrogen (secondary N) is 1. The van der Waals surface area contributed by atoms with E-state index in [4.69, 9.17) is 14.2 Å². The minimum absolute atomic E-state index is 0.0948. The fourth-order valence-electron chi connectivity index (χ4n) is 4.78. The third-order valence-corrected chi connectivity index (χ3v) is 7.35. The van der Waals surface area contributed by atoms with Crippen molar-refractivity contribution in [2.45, 2.75) is 38.8 Å². The number of rotatable bonds is 6. The fourth-order valence-corrected chi connectivity index (χ4v) is 4.78. The van der Waals surface area contributed by atoms with Gasteiger partial charge in [0.15, 0.2) is 0 Å². The topological polar surface area (TPSA) is 80.3 Å². The number of methoxy groups -OCH3 is 2. The molecule has 4 rings (SSSR count). The number of benzene rings is 2. The summed E-state index contributed by atoms with van der Waals surface area (Å²) in [5.41, 5.74) is 1.40. The molecule has 2 amide bonds. The minimum Gasteiger partial charge on any atom is -0.497 e. The van der Waals surface area contributed by atoms with Gasteiger partial charge in [-0.3, -0.25) is 14.5 Å². The summed E-state index contributed by atoms with van der Waals surface area (Å²) < 4.78 is 17.3. The molecule has 1 fully saturated rings. The maximum Gasteiger partial charge on any atom is 0.257 e. The first-order valence-electron chi connectivity index (χ1n) is 13.0. The monoisotopic (exact) mass is 509 g/mol. The second-order valence-corrected chi connectivity index (χ2v) is 10.4. The van der Waals surface area contributed by atoms with Crippen LogP contribution in [0.1, 0.15) is 47.4 Å². The predicted octanol–water partition coefficient (Wildman–Crippen LogP) is 4.16. The van der Waals surface area contributed by atoms with Crippen LogP contribution in [-0.4, -0.2) is 81.3 Å². The molecule has 0 unspecified atom stereocenters. The molecule has 37 heavy (non-hydrogen) atoms. The molecule has 0 saturated heterocycles. The van der Waals surface area contributed by atoms with Gasteiger partial charge in [-0.25, -0.2) is 0 Å². The smallest absolute Gasteiger partial charge is 0.257 e. The summed E-state index contributed by atoms with van der Waals surface area (Å²) in [4.78, 5) is 30.6. The highest BCUT2D eigenvalue weighted by Crippen LogP contribution is 2.32. The van der Waals surface area contributed by atoms with Crippen LogP contribution < -0.4 is 14.8 Å². The second kappa shape index (κ2) is 12.0. The van der Waals surface area contributed by atoms with Crippen LogP contribution in [0.3, 0.4) is 0 Å². The minimum atomic E-state index is -0.286. The summed E-state index contributed by atoms with van der Waals surface area (Å²) >= 11 is 0. The van der Waals surface area contributed by atoms with Gasteiger partial charge in [0, 0.05) is 51.1 Å². The van der Waals surface area contributed by atoms with Gasteiger partial charge in [0.2, 0.25) is 0 Å². The van der Waals surface area contributed by atoms with Crippen molar-refractivity contribution < 1.29 is 23.8 Å². The van der Waals surface area contributed by atoms with Gasteiger partial charge in [0.1, 0.15) is 18.1 Å². The van der Waals surface area contributed by atoms with Crippen molar-refractivity contribution >= 4 is 17.5 Å². The predicted molar refractivity (Wildman–Crippen MR) is 144 cm³/mol. The summed E-state index contributed by atoms with van der Waals surface area (Å²) in [7, 11) is 5.05. The number of nitrogens with zero attached hydrogens (tertiary/aromatic N) is 2. The van der Waals surface area contributed by atoms with Crippen LogP contribution in [0.5, 0.6) is 11.5 Å². The Kier molecular flexibility index (Phi) is 8.71. The molecule has 2 aliphatic rings. The van der Waals surface area contributed by atoms with Gasteiger partial charge in [-0.15, -0.1) is 0 Å². The molecule has 1 N–H and O–H groups in total. The molecule has 2 aromatic rings. The van der Waals surface area contributed by atoms with E-state index in [1.165, 1.54) is 12.8 Å². The Morgan fingerprint density at radius 3 is 2.59 bits per heavy atom. The average molecular weight is 510 g/mol. The zero-order valence-electron chi connectivity index (χ0n) is 22.5. The van der Waals surface area contributed by atoms with Crippen LogP contribution in [-0.2, 0) is 4.74 Å². The van der Waals surface area contributed by atoms with Crippen LogP contribution in [0.4, 0.5) is 5.69 Å². The lowest BCUT2D eigenvalue weighted by Crippen LogP contribution is -2.47. The Bertz CT molecular complexity index is 1100. The van der Waals surface area contributed by atoms with Crippen LogP contribution in [0, 0.1) is 11.8 Å². The van der Waals surface area contributed by atoms with E-state index in [0.29, 0.717) is 41.5 Å². The first kappa shape index (κ1) is 26.9. The van der Waals surface area contributed by atoms with E-state index in [-0.39, 0.29) is 29.9 Å². The van der Waals surface area contributed by atoms with E-state index in [0.717, 1.165) is 19.0 Å². The molecule has 200 valence electrons. The molecule has 0 spiro atoms. The molecule has 0 aromatic heterocycles. The van der Waals surface area contributed by atoms with Gasteiger partial charge in [-0.2, -0.15) is 0 Å². The lowest BCUT2D eigenvalue weighted by Gasteiger charge is -2.36. The fraction of sp³-hybridized carbons (Fsp3) is 0.517. The molecular formula is C29H39N3O5. The average Bonchev–Trinajstić information content (AvgIpc) is 3.73. The summed E-state index contributed by atoms with van der Waals surface area (Å²) in [5, 5.41) is 2.90. The van der Waals surface area contributed by atoms with Crippen molar-refractivity contribution in [3.05, 3.63) is 53.6 Å². The van der Waals surface area contributed by atoms with E-state index in [9.17, 15) is 9.59 Å². The molecule has 3 atom stereocenters. The van der Waals surface area contributed by atoms with Crippen LogP contribution in [0.2, 0.25) is 0 Å². The highest BCUT2D eigenvalue weighted by atomic mass is 16.5. The van der Waals surface area contributed by atoms with Crippen molar-refractivity contribution in [3.63, 3.8) is 0 Å². The normalized spacial score (nSPS) is 23.3. The van der Waals surface area contributed by atoms with Crippen LogP contribution >= 0.6 is 0 Å². The molecule has 8 heteroatoms. The molecule has 0 radical (unpaired) electrons. The Morgan fingerprint density at radius 1 is 1.11 bits per heavy atom. The molecule has 1 heterocycles. The Morgan fingerprint density at radius 2 is 1.89 bits per heavy atom. The van der Waals surface area contributed by atoms with Crippen LogP contribution in [0.15, 0.2) is 42.5 Å². The van der Waals surface area contributed by atoms with E-state index in [2.05, 4.69) is 24.1 Å². The quantitative estimate of drug-likeness (QED) is 0.630. The number of hydrogen-bond acceptors (Lipinski definition) is 6. The number of carbonyl (C=O) groups is 2. The van der Waals surface area contributed by atoms with Gasteiger partial charge >= 0.3 is 0 Å². The van der Waals surface area contributed by atoms with Crippen LogP contribution in [0.25, 0.3) is 0 Å². The van der Waals surface area contributed by atoms with E-state index >= 15 is 0 Å². The molecule has 1 saturated carbocycles. The Labute approximate surface area is 219 Å². The summed E-state index contributed by atoms with van der Waals surface area (Å²) in [5.74, 6) is 1.65. The highest BCUT2D eigenvalue weighted by Gasteiger charge is 2.31. The summed E-state index contributed by atoms with van der Waals surface area (Å²) in [6.45, 7) is 7.25. The van der Waals surface area contributed by atoms with Crippen molar-refractivity contribution in [2.75, 3.05) is 52.8 Å². The first-order valence-corrected chi connectivity index (χ1v) is 13.0. The van der Waals surface area contributed by atoms with Crippen molar-refractivity contribution in [1.29, 1.82) is 0 Å². The van der Waals surface area contributed by atoms with Gasteiger partial charge in [0.05, 0.1) is 18.8 Å². The molecule has 0 bridgehead atoms. The first-order chi connectivity index (χ1) is 17.8. The van der Waals surface area contributed by atoms with Crippen molar-refractivity contribution in [2.24, 2.45) is 11.8 Å². The summed E-state index contributed by atoms with van der Waals surface area (Å²) in [6, 6.07) is 12.3. The molecular weight excluding hydrogens is 470 g/mol. The van der Waals surface area contributed by atoms with Gasteiger partial charge in [-0.05, 0) is 68.0 Å². The molecule has 8 nitrogen and oxygen atoms in total. The maximum atomic E-state index is 13.6. The molecule has 1 aliphatic carbocycles. The number of ether oxygens (including phenoxy) is 3. The number of fused-ring (bicyclic) bond motifs is 1. The Balaban J connectivity index is 1.60. The largest absolute Gasteiger partial charge is 0.497 e. The third kappa shape index (κ3) is 6.81. The molecule has 2 aromatic carbocycles. The SMILES string of the molecule is COc1cccc(C(=O)Nc2ccc3c(c2)C(=O)N(C)C[C@@H](OC)[C@H](C)CN(CC2CC2)[C@@H](C)CO3)c1. The van der Waals surface area contributed by atoms with Gasteiger partial charge < -0.3 is 24.4 Å². The highest BCUT2D eigenvalue weighted by molar-refractivity contribution is 6.05. The zero-order valence-corrected chi connectivity index (χ0v) is 22.5. The van der Waals surface area contributed by atoms with Crippen molar-refractivity contribution in [1.82, 2.24) is 9.80 Å². The van der Waals surface area contributed by atoms with Crippen molar-refractivity contribution in [3.8, 4) is 11.5 Å². The Hall–Kier alpha value is -3.10. The number of likely N-dealkylation sites (N-methyl/N-ethyl adjacent to an activating group) is 1. The third-order valence-electron chi connectivity index (χ3n) is 7.35. The van der Waals surface area contributed by atoms with E-state index in [1.54, 1.807) is 68.6 Å². The van der Waals surface area contributed by atoms with E-state index < -0.39 is 0 Å². The standard InChI is InChI=1S/C29H39N3O5/c1-19-15-32(16-21-9-10-21)20(2)18-37-26-12-11-23(14-25(26)29(34)31(3)17-27(19)36-5)30-28(33)22-7-6-8-24(13-22)35-4/h6-8,11-14,19-21,27H,9-10,15-18H2,1-5H3,(H,30,33)/t19-,20+,27-/m1/s1. The number of carbonyl (C=O) groups excluding carboxylic acids is 2. The molecule has 1 aliphatic heterocycles. The summed E-state index contributed by atoms with van der Waals surface area (Å²) in [6.07, 6.45) is 2.48. The number of amides is 2. The maximum absolute atomic E-state index is 13.6.